The molecular formula is C13H7Br2F3OS. The number of ketones is 1. The van der Waals surface area contributed by atoms with Gasteiger partial charge in [-0.3, -0.25) is 4.79 Å². The highest BCUT2D eigenvalue weighted by molar-refractivity contribution is 9.12. The number of Topliss-reactive ketones (excluding diaryl/α,β-unsaturated/α-hetero) is 1. The molecule has 0 bridgehead atoms. The number of rotatable bonds is 3. The molecule has 0 atom stereocenters. The Kier molecular flexibility index (Phi) is 4.71. The van der Waals surface area contributed by atoms with E-state index in [4.69, 9.17) is 0 Å². The van der Waals surface area contributed by atoms with Gasteiger partial charge in [-0.05, 0) is 49.6 Å². The van der Waals surface area contributed by atoms with Crippen LogP contribution in [0.5, 0.6) is 0 Å². The van der Waals surface area contributed by atoms with Gasteiger partial charge < -0.3 is 0 Å². The van der Waals surface area contributed by atoms with Gasteiger partial charge in [0.05, 0.1) is 13.1 Å². The van der Waals surface area contributed by atoms with E-state index in [1.807, 2.05) is 0 Å². The van der Waals surface area contributed by atoms with E-state index in [2.05, 4.69) is 31.9 Å². The summed E-state index contributed by atoms with van der Waals surface area (Å²) in [5.74, 6) is -0.224. The molecule has 0 radical (unpaired) electrons. The molecule has 106 valence electrons. The van der Waals surface area contributed by atoms with Crippen LogP contribution < -0.4 is 0 Å². The standard InChI is InChI=1S/C13H7Br2F3OS/c14-11-6-9(12(15)20-11)10(19)5-7-2-1-3-8(4-7)13(16,17)18/h1-4,6H,5H2. The van der Waals surface area contributed by atoms with E-state index in [9.17, 15) is 18.0 Å². The minimum Gasteiger partial charge on any atom is -0.294 e. The van der Waals surface area contributed by atoms with Crippen LogP contribution in [0.25, 0.3) is 0 Å². The van der Waals surface area contributed by atoms with Gasteiger partial charge in [0.1, 0.15) is 0 Å². The first-order valence-electron chi connectivity index (χ1n) is 5.41. The van der Waals surface area contributed by atoms with Crippen molar-refractivity contribution in [1.82, 2.24) is 0 Å². The van der Waals surface area contributed by atoms with Crippen LogP contribution in [-0.4, -0.2) is 5.78 Å². The second kappa shape index (κ2) is 5.99. The monoisotopic (exact) mass is 426 g/mol. The van der Waals surface area contributed by atoms with E-state index in [-0.39, 0.29) is 12.2 Å². The lowest BCUT2D eigenvalue weighted by Gasteiger charge is -2.08. The fourth-order valence-corrected chi connectivity index (χ4v) is 4.52. The minimum absolute atomic E-state index is 0.0638. The molecule has 0 aliphatic carbocycles. The van der Waals surface area contributed by atoms with Gasteiger partial charge in [-0.25, -0.2) is 0 Å². The number of carbonyl (C=O) groups excluding carboxylic acids is 1. The average Bonchev–Trinajstić information content (AvgIpc) is 2.68. The Morgan fingerprint density at radius 3 is 2.45 bits per heavy atom. The van der Waals surface area contributed by atoms with Gasteiger partial charge in [0.25, 0.3) is 0 Å². The predicted octanol–water partition coefficient (Wildman–Crippen LogP) is 5.72. The van der Waals surface area contributed by atoms with Crippen molar-refractivity contribution >= 4 is 49.0 Å². The van der Waals surface area contributed by atoms with Crippen LogP contribution in [-0.2, 0) is 12.6 Å². The van der Waals surface area contributed by atoms with Crippen molar-refractivity contribution in [2.24, 2.45) is 0 Å². The van der Waals surface area contributed by atoms with Crippen molar-refractivity contribution in [2.45, 2.75) is 12.6 Å². The molecule has 0 N–H and O–H groups in total. The van der Waals surface area contributed by atoms with Gasteiger partial charge in [-0.15, -0.1) is 11.3 Å². The third-order valence-corrected chi connectivity index (χ3v) is 4.92. The zero-order valence-electron chi connectivity index (χ0n) is 9.80. The molecule has 2 aromatic rings. The lowest BCUT2D eigenvalue weighted by Crippen LogP contribution is -2.07. The molecule has 0 aliphatic heterocycles. The van der Waals surface area contributed by atoms with Gasteiger partial charge in [-0.1, -0.05) is 18.2 Å². The Morgan fingerprint density at radius 1 is 1.20 bits per heavy atom. The van der Waals surface area contributed by atoms with Gasteiger partial charge in [0.2, 0.25) is 0 Å². The van der Waals surface area contributed by atoms with Gasteiger partial charge in [-0.2, -0.15) is 13.2 Å². The zero-order valence-corrected chi connectivity index (χ0v) is 13.8. The van der Waals surface area contributed by atoms with Crippen molar-refractivity contribution in [3.63, 3.8) is 0 Å². The molecule has 7 heteroatoms. The summed E-state index contributed by atoms with van der Waals surface area (Å²) in [6.07, 6.45) is -4.46. The highest BCUT2D eigenvalue weighted by Gasteiger charge is 2.30. The number of thiophene rings is 1. The molecule has 0 amide bonds. The fourth-order valence-electron chi connectivity index (χ4n) is 1.67. The topological polar surface area (TPSA) is 17.1 Å². The van der Waals surface area contributed by atoms with Crippen molar-refractivity contribution in [3.05, 3.63) is 54.6 Å². The van der Waals surface area contributed by atoms with Crippen LogP contribution in [0.4, 0.5) is 13.2 Å². The third-order valence-electron chi connectivity index (χ3n) is 2.58. The number of carbonyl (C=O) groups is 1. The molecule has 2 rings (SSSR count). The van der Waals surface area contributed by atoms with Gasteiger partial charge in [0.15, 0.2) is 5.78 Å². The number of benzene rings is 1. The van der Waals surface area contributed by atoms with Crippen LogP contribution >= 0.6 is 43.2 Å². The molecule has 0 saturated heterocycles. The maximum atomic E-state index is 12.6. The summed E-state index contributed by atoms with van der Waals surface area (Å²) in [5.41, 5.74) is 0.0756. The molecule has 0 fully saturated rings. The number of hydrogen-bond acceptors (Lipinski definition) is 2. The lowest BCUT2D eigenvalue weighted by molar-refractivity contribution is -0.137. The smallest absolute Gasteiger partial charge is 0.294 e. The van der Waals surface area contributed by atoms with Gasteiger partial charge >= 0.3 is 6.18 Å². The first-order valence-corrected chi connectivity index (χ1v) is 7.82. The predicted molar refractivity (Wildman–Crippen MR) is 79.2 cm³/mol. The summed E-state index contributed by atoms with van der Waals surface area (Å²) < 4.78 is 39.3. The van der Waals surface area contributed by atoms with Crippen LogP contribution in [0.3, 0.4) is 0 Å². The molecular weight excluding hydrogens is 421 g/mol. The van der Waals surface area contributed by atoms with E-state index < -0.39 is 11.7 Å². The molecule has 20 heavy (non-hydrogen) atoms. The average molecular weight is 428 g/mol. The van der Waals surface area contributed by atoms with Crippen molar-refractivity contribution < 1.29 is 18.0 Å². The van der Waals surface area contributed by atoms with Crippen LogP contribution in [0.2, 0.25) is 0 Å². The molecule has 0 unspecified atom stereocenters. The normalized spacial score (nSPS) is 11.7. The van der Waals surface area contributed by atoms with E-state index in [1.165, 1.54) is 23.5 Å². The van der Waals surface area contributed by atoms with E-state index in [0.29, 0.717) is 14.9 Å². The molecule has 1 aromatic carbocycles. The summed E-state index contributed by atoms with van der Waals surface area (Å²) >= 11 is 7.87. The molecule has 1 aromatic heterocycles. The first kappa shape index (κ1) is 15.7. The first-order chi connectivity index (χ1) is 9.27. The maximum Gasteiger partial charge on any atom is 0.416 e. The SMILES string of the molecule is O=C(Cc1cccc(C(F)(F)F)c1)c1cc(Br)sc1Br. The van der Waals surface area contributed by atoms with Crippen LogP contribution in [0, 0.1) is 0 Å². The molecule has 0 aliphatic rings. The second-order valence-corrected chi connectivity index (χ2v) is 7.79. The Labute approximate surface area is 134 Å². The van der Waals surface area contributed by atoms with Gasteiger partial charge in [0, 0.05) is 12.0 Å². The number of halogens is 5. The van der Waals surface area contributed by atoms with Crippen LogP contribution in [0.1, 0.15) is 21.5 Å². The highest BCUT2D eigenvalue weighted by Crippen LogP contribution is 2.33. The summed E-state index contributed by atoms with van der Waals surface area (Å²) in [7, 11) is 0. The quantitative estimate of drug-likeness (QED) is 0.572. The highest BCUT2D eigenvalue weighted by atomic mass is 79.9. The maximum absolute atomic E-state index is 12.6. The molecule has 0 spiro atoms. The Balaban J connectivity index is 2.22. The molecule has 0 saturated carbocycles. The number of alkyl halides is 3. The summed E-state index contributed by atoms with van der Waals surface area (Å²) in [6, 6.07) is 6.48. The Hall–Kier alpha value is -0.660. The van der Waals surface area contributed by atoms with E-state index in [1.54, 1.807) is 6.07 Å². The van der Waals surface area contributed by atoms with Crippen LogP contribution in [0.15, 0.2) is 37.9 Å². The van der Waals surface area contributed by atoms with E-state index >= 15 is 0 Å². The summed E-state index contributed by atoms with van der Waals surface area (Å²) in [5, 5.41) is 0. The van der Waals surface area contributed by atoms with Crippen molar-refractivity contribution in [3.8, 4) is 0 Å². The van der Waals surface area contributed by atoms with Crippen molar-refractivity contribution in [1.29, 1.82) is 0 Å². The van der Waals surface area contributed by atoms with Crippen molar-refractivity contribution in [2.75, 3.05) is 0 Å². The molecule has 1 heterocycles. The largest absolute Gasteiger partial charge is 0.416 e. The second-order valence-electron chi connectivity index (χ2n) is 4.04. The Morgan fingerprint density at radius 2 is 1.90 bits per heavy atom. The summed E-state index contributed by atoms with van der Waals surface area (Å²) in [4.78, 5) is 12.1. The zero-order chi connectivity index (χ0) is 14.9. The van der Waals surface area contributed by atoms with E-state index in [0.717, 1.165) is 15.9 Å². The lowest BCUT2D eigenvalue weighted by atomic mass is 10.0. The Bertz CT molecular complexity index is 649. The summed E-state index contributed by atoms with van der Waals surface area (Å²) in [6.45, 7) is 0. The minimum atomic E-state index is -4.40. The molecule has 1 nitrogen and oxygen atoms in total. The number of hydrogen-bond donors (Lipinski definition) is 0. The fraction of sp³-hybridized carbons (Fsp3) is 0.154. The third kappa shape index (κ3) is 3.71.